The van der Waals surface area contributed by atoms with Gasteiger partial charge in [-0.05, 0) is 35.3 Å². The summed E-state index contributed by atoms with van der Waals surface area (Å²) in [6.45, 7) is 4.81. The van der Waals surface area contributed by atoms with Gasteiger partial charge in [-0.25, -0.2) is 0 Å². The van der Waals surface area contributed by atoms with Crippen molar-refractivity contribution in [2.24, 2.45) is 0 Å². The maximum absolute atomic E-state index is 5.65. The highest BCUT2D eigenvalue weighted by Gasteiger charge is 2.09. The molecule has 0 amide bonds. The first-order valence-electron chi connectivity index (χ1n) is 4.53. The molecule has 0 radical (unpaired) electrons. The fraction of sp³-hybridized carbons (Fsp3) is 0.273. The van der Waals surface area contributed by atoms with E-state index in [9.17, 15) is 0 Å². The van der Waals surface area contributed by atoms with Gasteiger partial charge in [0.05, 0.1) is 11.3 Å². The Balaban J connectivity index is 2.70. The number of hydrogen-bond donors (Lipinski definition) is 0. The molecule has 3 heteroatoms. The van der Waals surface area contributed by atoms with Crippen LogP contribution >= 0.6 is 27.3 Å². The summed E-state index contributed by atoms with van der Waals surface area (Å²) in [5.41, 5.74) is 1.20. The zero-order valence-electron chi connectivity index (χ0n) is 8.13. The molecule has 2 aromatic rings. The van der Waals surface area contributed by atoms with Crippen molar-refractivity contribution in [3.63, 3.8) is 0 Å². The minimum atomic E-state index is 0.718. The largest absolute Gasteiger partial charge is 0.492 e. The van der Waals surface area contributed by atoms with E-state index >= 15 is 0 Å². The SMILES string of the molecule is CCOc1c(C)ccc2c(Br)csc12. The molecule has 0 aliphatic heterocycles. The summed E-state index contributed by atoms with van der Waals surface area (Å²) < 4.78 is 8.04. The second-order valence-electron chi connectivity index (χ2n) is 3.10. The van der Waals surface area contributed by atoms with Crippen LogP contribution in [0.2, 0.25) is 0 Å². The Kier molecular flexibility index (Phi) is 2.79. The predicted molar refractivity (Wildman–Crippen MR) is 65.4 cm³/mol. The van der Waals surface area contributed by atoms with Gasteiger partial charge in [0.1, 0.15) is 5.75 Å². The van der Waals surface area contributed by atoms with Gasteiger partial charge in [0.2, 0.25) is 0 Å². The molecule has 0 saturated heterocycles. The molecule has 0 saturated carbocycles. The van der Waals surface area contributed by atoms with Gasteiger partial charge in [0.25, 0.3) is 0 Å². The molecule has 0 fully saturated rings. The van der Waals surface area contributed by atoms with Crippen molar-refractivity contribution < 1.29 is 4.74 Å². The standard InChI is InChI=1S/C11H11BrOS/c1-3-13-10-7(2)4-5-8-9(12)6-14-11(8)10/h4-6H,3H2,1-2H3. The average Bonchev–Trinajstić information content (AvgIpc) is 2.53. The molecule has 2 rings (SSSR count). The van der Waals surface area contributed by atoms with Crippen molar-refractivity contribution >= 4 is 37.4 Å². The van der Waals surface area contributed by atoms with Gasteiger partial charge in [-0.1, -0.05) is 12.1 Å². The summed E-state index contributed by atoms with van der Waals surface area (Å²) in [5, 5.41) is 3.34. The third-order valence-corrected chi connectivity index (χ3v) is 4.09. The smallest absolute Gasteiger partial charge is 0.139 e. The van der Waals surface area contributed by atoms with E-state index in [1.54, 1.807) is 11.3 Å². The van der Waals surface area contributed by atoms with Gasteiger partial charge in [-0.3, -0.25) is 0 Å². The number of thiophene rings is 1. The molecule has 0 spiro atoms. The van der Waals surface area contributed by atoms with E-state index in [1.807, 2.05) is 6.92 Å². The molecular formula is C11H11BrOS. The Morgan fingerprint density at radius 2 is 2.21 bits per heavy atom. The molecule has 0 atom stereocenters. The second-order valence-corrected chi connectivity index (χ2v) is 4.84. The Hall–Kier alpha value is -0.540. The molecule has 0 unspecified atom stereocenters. The lowest BCUT2D eigenvalue weighted by molar-refractivity contribution is 0.342. The lowest BCUT2D eigenvalue weighted by atomic mass is 10.2. The molecule has 0 bridgehead atoms. The van der Waals surface area contributed by atoms with Crippen molar-refractivity contribution in [1.82, 2.24) is 0 Å². The van der Waals surface area contributed by atoms with E-state index < -0.39 is 0 Å². The lowest BCUT2D eigenvalue weighted by Crippen LogP contribution is -1.93. The highest BCUT2D eigenvalue weighted by atomic mass is 79.9. The molecule has 0 aliphatic carbocycles. The normalized spacial score (nSPS) is 10.8. The van der Waals surface area contributed by atoms with Gasteiger partial charge in [0, 0.05) is 15.2 Å². The van der Waals surface area contributed by atoms with Crippen LogP contribution in [-0.4, -0.2) is 6.61 Å². The van der Waals surface area contributed by atoms with Crippen molar-refractivity contribution in [1.29, 1.82) is 0 Å². The van der Waals surface area contributed by atoms with Crippen LogP contribution in [0.4, 0.5) is 0 Å². The van der Waals surface area contributed by atoms with Crippen LogP contribution in [0.1, 0.15) is 12.5 Å². The Labute approximate surface area is 95.8 Å². The van der Waals surface area contributed by atoms with Crippen molar-refractivity contribution in [3.05, 3.63) is 27.5 Å². The molecule has 0 aliphatic rings. The zero-order valence-corrected chi connectivity index (χ0v) is 10.5. The minimum absolute atomic E-state index is 0.718. The number of ether oxygens (including phenoxy) is 1. The topological polar surface area (TPSA) is 9.23 Å². The van der Waals surface area contributed by atoms with Crippen LogP contribution in [0, 0.1) is 6.92 Å². The number of rotatable bonds is 2. The van der Waals surface area contributed by atoms with E-state index in [4.69, 9.17) is 4.74 Å². The second kappa shape index (κ2) is 3.91. The fourth-order valence-corrected chi connectivity index (χ4v) is 3.19. The van der Waals surface area contributed by atoms with E-state index in [2.05, 4.69) is 40.4 Å². The first kappa shape index (κ1) is 9.99. The van der Waals surface area contributed by atoms with Crippen molar-refractivity contribution in [2.45, 2.75) is 13.8 Å². The first-order chi connectivity index (χ1) is 6.74. The highest BCUT2D eigenvalue weighted by molar-refractivity contribution is 9.10. The van der Waals surface area contributed by atoms with Gasteiger partial charge in [-0.2, -0.15) is 0 Å². The maximum atomic E-state index is 5.65. The van der Waals surface area contributed by atoms with E-state index in [0.29, 0.717) is 0 Å². The minimum Gasteiger partial charge on any atom is -0.492 e. The number of halogens is 1. The number of fused-ring (bicyclic) bond motifs is 1. The van der Waals surface area contributed by atoms with Gasteiger partial charge < -0.3 is 4.74 Å². The van der Waals surface area contributed by atoms with E-state index in [1.165, 1.54) is 15.6 Å². The number of benzene rings is 1. The average molecular weight is 271 g/mol. The number of aryl methyl sites for hydroxylation is 1. The van der Waals surface area contributed by atoms with Gasteiger partial charge >= 0.3 is 0 Å². The summed E-state index contributed by atoms with van der Waals surface area (Å²) in [4.78, 5) is 0. The molecule has 74 valence electrons. The quantitative estimate of drug-likeness (QED) is 0.788. The Morgan fingerprint density at radius 1 is 1.43 bits per heavy atom. The molecule has 0 N–H and O–H groups in total. The molecule has 1 aromatic heterocycles. The van der Waals surface area contributed by atoms with Gasteiger partial charge in [-0.15, -0.1) is 11.3 Å². The van der Waals surface area contributed by atoms with Gasteiger partial charge in [0.15, 0.2) is 0 Å². The van der Waals surface area contributed by atoms with E-state index in [0.717, 1.165) is 16.8 Å². The van der Waals surface area contributed by atoms with Crippen LogP contribution in [0.25, 0.3) is 10.1 Å². The van der Waals surface area contributed by atoms with Crippen LogP contribution < -0.4 is 4.74 Å². The molecule has 14 heavy (non-hydrogen) atoms. The maximum Gasteiger partial charge on any atom is 0.139 e. The Morgan fingerprint density at radius 3 is 2.93 bits per heavy atom. The highest BCUT2D eigenvalue weighted by Crippen LogP contribution is 2.38. The third kappa shape index (κ3) is 1.55. The zero-order chi connectivity index (χ0) is 10.1. The summed E-state index contributed by atoms with van der Waals surface area (Å²) in [6, 6.07) is 4.23. The predicted octanol–water partition coefficient (Wildman–Crippen LogP) is 4.37. The molecule has 1 nitrogen and oxygen atoms in total. The molecule has 1 heterocycles. The summed E-state index contributed by atoms with van der Waals surface area (Å²) >= 11 is 5.25. The van der Waals surface area contributed by atoms with Crippen LogP contribution in [0.3, 0.4) is 0 Å². The van der Waals surface area contributed by atoms with Crippen LogP contribution in [0.15, 0.2) is 22.0 Å². The molecular weight excluding hydrogens is 260 g/mol. The third-order valence-electron chi connectivity index (χ3n) is 2.14. The number of hydrogen-bond acceptors (Lipinski definition) is 2. The van der Waals surface area contributed by atoms with E-state index in [-0.39, 0.29) is 0 Å². The summed E-state index contributed by atoms with van der Waals surface area (Å²) in [7, 11) is 0. The Bertz CT molecular complexity index is 462. The van der Waals surface area contributed by atoms with Crippen molar-refractivity contribution in [3.8, 4) is 5.75 Å². The van der Waals surface area contributed by atoms with Crippen LogP contribution in [0.5, 0.6) is 5.75 Å². The van der Waals surface area contributed by atoms with Crippen LogP contribution in [-0.2, 0) is 0 Å². The fourth-order valence-electron chi connectivity index (χ4n) is 1.46. The first-order valence-corrected chi connectivity index (χ1v) is 6.20. The summed E-state index contributed by atoms with van der Waals surface area (Å²) in [6.07, 6.45) is 0. The molecule has 1 aromatic carbocycles. The monoisotopic (exact) mass is 270 g/mol. The lowest BCUT2D eigenvalue weighted by Gasteiger charge is -2.07. The summed E-state index contributed by atoms with van der Waals surface area (Å²) in [5.74, 6) is 1.03. The van der Waals surface area contributed by atoms with Crippen molar-refractivity contribution in [2.75, 3.05) is 6.61 Å².